The van der Waals surface area contributed by atoms with E-state index < -0.39 is 59.1 Å². The first-order valence-electron chi connectivity index (χ1n) is 5.58. The Morgan fingerprint density at radius 3 is 2.14 bits per heavy atom. The van der Waals surface area contributed by atoms with E-state index in [1.165, 1.54) is 0 Å². The fourth-order valence-corrected chi connectivity index (χ4v) is 1.43. The Balaban J connectivity index is 3.19. The number of nitro benzene ring substituents is 1. The number of aliphatic hydroxyl groups is 3. The predicted octanol–water partition coefficient (Wildman–Crippen LogP) is -0.681. The molecular formula is C11H12F2N2O6. The number of carbonyl (C=O) groups excluding carboxylic acids is 1. The van der Waals surface area contributed by atoms with Gasteiger partial charge in [-0.15, -0.1) is 0 Å². The van der Waals surface area contributed by atoms with Crippen LogP contribution in [0, 0.1) is 21.7 Å². The van der Waals surface area contributed by atoms with Gasteiger partial charge in [-0.2, -0.15) is 4.39 Å². The fraction of sp³-hybridized carbons (Fsp3) is 0.364. The molecule has 8 nitrogen and oxygen atoms in total. The molecule has 0 heterocycles. The Kier molecular flexibility index (Phi) is 5.24. The van der Waals surface area contributed by atoms with Gasteiger partial charge >= 0.3 is 5.69 Å². The number of carbonyl (C=O) groups is 1. The van der Waals surface area contributed by atoms with Gasteiger partial charge in [0.25, 0.3) is 5.91 Å². The highest BCUT2D eigenvalue weighted by atomic mass is 19.1. The molecule has 1 aromatic rings. The van der Waals surface area contributed by atoms with E-state index in [1.807, 2.05) is 5.32 Å². The van der Waals surface area contributed by atoms with Gasteiger partial charge in [-0.1, -0.05) is 0 Å². The number of rotatable bonds is 6. The summed E-state index contributed by atoms with van der Waals surface area (Å²) in [5.74, 6) is -4.07. The highest BCUT2D eigenvalue weighted by molar-refractivity contribution is 5.95. The quantitative estimate of drug-likeness (QED) is 0.406. The number of halogens is 2. The van der Waals surface area contributed by atoms with Crippen LogP contribution in [0.5, 0.6) is 0 Å². The van der Waals surface area contributed by atoms with Crippen molar-refractivity contribution in [2.24, 2.45) is 0 Å². The number of nitro groups is 1. The number of benzene rings is 1. The van der Waals surface area contributed by atoms with Crippen LogP contribution in [0.1, 0.15) is 10.4 Å². The van der Waals surface area contributed by atoms with Gasteiger partial charge in [-0.25, -0.2) is 4.39 Å². The van der Waals surface area contributed by atoms with Crippen LogP contribution >= 0.6 is 0 Å². The minimum absolute atomic E-state index is 0.172. The van der Waals surface area contributed by atoms with Crippen LogP contribution in [0.25, 0.3) is 0 Å². The molecule has 0 saturated heterocycles. The van der Waals surface area contributed by atoms with Gasteiger partial charge in [-0.05, 0) is 0 Å². The van der Waals surface area contributed by atoms with E-state index in [4.69, 9.17) is 15.3 Å². The van der Waals surface area contributed by atoms with Crippen molar-refractivity contribution in [2.45, 2.75) is 5.54 Å². The van der Waals surface area contributed by atoms with Crippen molar-refractivity contribution in [2.75, 3.05) is 19.8 Å². The van der Waals surface area contributed by atoms with Crippen molar-refractivity contribution in [3.63, 3.8) is 0 Å². The molecule has 0 spiro atoms. The number of aliphatic hydroxyl groups excluding tert-OH is 3. The van der Waals surface area contributed by atoms with Crippen LogP contribution in [-0.4, -0.2) is 51.5 Å². The van der Waals surface area contributed by atoms with Crippen LogP contribution in [0.15, 0.2) is 12.1 Å². The Morgan fingerprint density at radius 2 is 1.71 bits per heavy atom. The number of amides is 1. The summed E-state index contributed by atoms with van der Waals surface area (Å²) in [6, 6.07) is 0.558. The Morgan fingerprint density at radius 1 is 1.19 bits per heavy atom. The Hall–Kier alpha value is -2.17. The van der Waals surface area contributed by atoms with Crippen LogP contribution < -0.4 is 5.32 Å². The number of nitrogens with zero attached hydrogens (tertiary/aromatic N) is 1. The summed E-state index contributed by atoms with van der Waals surface area (Å²) in [6.45, 7) is -2.59. The van der Waals surface area contributed by atoms with E-state index in [2.05, 4.69) is 0 Å². The summed E-state index contributed by atoms with van der Waals surface area (Å²) >= 11 is 0. The van der Waals surface area contributed by atoms with Crippen molar-refractivity contribution < 1.29 is 33.8 Å². The summed E-state index contributed by atoms with van der Waals surface area (Å²) in [4.78, 5) is 21.2. The van der Waals surface area contributed by atoms with Crippen molar-refractivity contribution in [1.29, 1.82) is 0 Å². The summed E-state index contributed by atoms with van der Waals surface area (Å²) in [5, 5.41) is 39.6. The molecule has 0 atom stereocenters. The van der Waals surface area contributed by atoms with E-state index in [9.17, 15) is 23.7 Å². The first-order valence-corrected chi connectivity index (χ1v) is 5.58. The zero-order valence-corrected chi connectivity index (χ0v) is 10.5. The van der Waals surface area contributed by atoms with Crippen LogP contribution in [-0.2, 0) is 0 Å². The van der Waals surface area contributed by atoms with Crippen LogP contribution in [0.3, 0.4) is 0 Å². The number of hydrogen-bond donors (Lipinski definition) is 4. The van der Waals surface area contributed by atoms with E-state index in [0.29, 0.717) is 6.07 Å². The average Bonchev–Trinajstić information content (AvgIpc) is 2.44. The van der Waals surface area contributed by atoms with E-state index in [1.54, 1.807) is 0 Å². The largest absolute Gasteiger partial charge is 0.394 e. The molecule has 0 unspecified atom stereocenters. The lowest BCUT2D eigenvalue weighted by Crippen LogP contribution is -2.57. The third kappa shape index (κ3) is 3.48. The summed E-state index contributed by atoms with van der Waals surface area (Å²) in [6.07, 6.45) is 0. The van der Waals surface area contributed by atoms with E-state index in [-0.39, 0.29) is 6.07 Å². The predicted molar refractivity (Wildman–Crippen MR) is 64.5 cm³/mol. The topological polar surface area (TPSA) is 133 Å². The fourth-order valence-electron chi connectivity index (χ4n) is 1.43. The molecule has 21 heavy (non-hydrogen) atoms. The maximum atomic E-state index is 13.5. The molecule has 4 N–H and O–H groups in total. The van der Waals surface area contributed by atoms with Crippen molar-refractivity contribution in [3.05, 3.63) is 39.4 Å². The van der Waals surface area contributed by atoms with Gasteiger partial charge in [0.05, 0.1) is 30.3 Å². The van der Waals surface area contributed by atoms with E-state index >= 15 is 0 Å². The molecule has 0 radical (unpaired) electrons. The minimum Gasteiger partial charge on any atom is -0.394 e. The van der Waals surface area contributed by atoms with Gasteiger partial charge in [0.15, 0.2) is 0 Å². The maximum Gasteiger partial charge on any atom is 0.305 e. The average molecular weight is 306 g/mol. The second-order valence-corrected chi connectivity index (χ2v) is 4.25. The third-order valence-corrected chi connectivity index (χ3v) is 2.76. The molecule has 1 rings (SSSR count). The molecule has 0 aliphatic rings. The molecule has 0 fully saturated rings. The molecule has 0 saturated carbocycles. The molecule has 0 aliphatic carbocycles. The van der Waals surface area contributed by atoms with Gasteiger partial charge in [0.2, 0.25) is 5.82 Å². The van der Waals surface area contributed by atoms with Gasteiger partial charge in [0.1, 0.15) is 11.4 Å². The van der Waals surface area contributed by atoms with Crippen molar-refractivity contribution in [3.8, 4) is 0 Å². The maximum absolute atomic E-state index is 13.5. The summed E-state index contributed by atoms with van der Waals surface area (Å²) in [7, 11) is 0. The zero-order valence-electron chi connectivity index (χ0n) is 10.5. The van der Waals surface area contributed by atoms with Crippen LogP contribution in [0.2, 0.25) is 0 Å². The number of nitrogens with one attached hydrogen (secondary N) is 1. The van der Waals surface area contributed by atoms with Gasteiger partial charge in [-0.3, -0.25) is 14.9 Å². The first kappa shape index (κ1) is 16.9. The minimum atomic E-state index is -1.84. The monoisotopic (exact) mass is 306 g/mol. The van der Waals surface area contributed by atoms with Crippen LogP contribution in [0.4, 0.5) is 14.5 Å². The number of hydrogen-bond acceptors (Lipinski definition) is 6. The lowest BCUT2D eigenvalue weighted by Gasteiger charge is -2.28. The molecule has 10 heteroatoms. The van der Waals surface area contributed by atoms with E-state index in [0.717, 1.165) is 0 Å². The standard InChI is InChI=1S/C11H12F2N2O6/c12-7-2-8(13)9(15(20)21)1-6(7)10(19)14-11(3-16,4-17)5-18/h1-2,16-18H,3-5H2,(H,14,19). The van der Waals surface area contributed by atoms with Gasteiger partial charge < -0.3 is 20.6 Å². The molecule has 0 aliphatic heterocycles. The molecule has 116 valence electrons. The lowest BCUT2D eigenvalue weighted by atomic mass is 10.0. The summed E-state index contributed by atoms with van der Waals surface area (Å²) < 4.78 is 26.7. The molecule has 0 bridgehead atoms. The molecule has 1 aromatic carbocycles. The van der Waals surface area contributed by atoms with Crippen molar-refractivity contribution in [1.82, 2.24) is 5.32 Å². The second kappa shape index (κ2) is 6.52. The third-order valence-electron chi connectivity index (χ3n) is 2.76. The smallest absolute Gasteiger partial charge is 0.305 e. The zero-order chi connectivity index (χ0) is 16.2. The molecule has 1 amide bonds. The second-order valence-electron chi connectivity index (χ2n) is 4.25. The Bertz CT molecular complexity index is 554. The highest BCUT2D eigenvalue weighted by Gasteiger charge is 2.32. The molecule has 0 aromatic heterocycles. The SMILES string of the molecule is O=C(NC(CO)(CO)CO)c1cc([N+](=O)[O-])c(F)cc1F. The summed E-state index contributed by atoms with van der Waals surface area (Å²) in [5.41, 5.74) is -3.81. The molecular weight excluding hydrogens is 294 g/mol. The first-order chi connectivity index (χ1) is 9.80. The Labute approximate surface area is 116 Å². The lowest BCUT2D eigenvalue weighted by molar-refractivity contribution is -0.387. The van der Waals surface area contributed by atoms with Crippen molar-refractivity contribution >= 4 is 11.6 Å². The van der Waals surface area contributed by atoms with Gasteiger partial charge in [0, 0.05) is 12.1 Å². The normalized spacial score (nSPS) is 11.3. The highest BCUT2D eigenvalue weighted by Crippen LogP contribution is 2.22.